The number of amides is 1. The molecule has 0 spiro atoms. The van der Waals surface area contributed by atoms with Crippen molar-refractivity contribution in [2.75, 3.05) is 5.32 Å². The molecule has 1 unspecified atom stereocenters. The molecular formula is C15H19N3O3S. The predicted molar refractivity (Wildman–Crippen MR) is 84.9 cm³/mol. The van der Waals surface area contributed by atoms with Gasteiger partial charge in [-0.25, -0.2) is 0 Å². The lowest BCUT2D eigenvalue weighted by atomic mass is 10.3. The fourth-order valence-corrected chi connectivity index (χ4v) is 2.72. The first-order chi connectivity index (χ1) is 10.4. The number of hydrogen-bond acceptors (Lipinski definition) is 5. The van der Waals surface area contributed by atoms with Crippen molar-refractivity contribution in [1.29, 1.82) is 0 Å². The Labute approximate surface area is 133 Å². The highest BCUT2D eigenvalue weighted by Gasteiger charge is 2.21. The second-order valence-corrected chi connectivity index (χ2v) is 6.08. The van der Waals surface area contributed by atoms with E-state index >= 15 is 0 Å². The Hall–Kier alpha value is -2.15. The molecule has 1 atom stereocenters. The van der Waals surface area contributed by atoms with E-state index in [2.05, 4.69) is 10.4 Å². The summed E-state index contributed by atoms with van der Waals surface area (Å²) in [5.41, 5.74) is 2.24. The maximum Gasteiger partial charge on any atom is 0.311 e. The number of esters is 1. The molecule has 7 heteroatoms. The summed E-state index contributed by atoms with van der Waals surface area (Å²) in [6.07, 6.45) is -0.674. The molecule has 0 radical (unpaired) electrons. The molecule has 0 bridgehead atoms. The van der Waals surface area contributed by atoms with Gasteiger partial charge < -0.3 is 10.1 Å². The maximum absolute atomic E-state index is 12.1. The smallest absolute Gasteiger partial charge is 0.311 e. The van der Waals surface area contributed by atoms with Crippen LogP contribution in [0, 0.1) is 13.8 Å². The van der Waals surface area contributed by atoms with Crippen molar-refractivity contribution in [1.82, 2.24) is 9.78 Å². The van der Waals surface area contributed by atoms with E-state index in [9.17, 15) is 9.59 Å². The largest absolute Gasteiger partial charge is 0.452 e. The van der Waals surface area contributed by atoms with E-state index in [0.717, 1.165) is 16.3 Å². The van der Waals surface area contributed by atoms with Gasteiger partial charge in [0.2, 0.25) is 0 Å². The van der Waals surface area contributed by atoms with E-state index in [1.54, 1.807) is 11.6 Å². The third kappa shape index (κ3) is 3.73. The Balaban J connectivity index is 1.93. The van der Waals surface area contributed by atoms with Crippen LogP contribution in [0.25, 0.3) is 0 Å². The van der Waals surface area contributed by atoms with Crippen LogP contribution in [-0.4, -0.2) is 27.8 Å². The molecule has 0 aliphatic rings. The molecule has 6 nitrogen and oxygen atoms in total. The molecular weight excluding hydrogens is 302 g/mol. The van der Waals surface area contributed by atoms with Crippen LogP contribution in [0.4, 0.5) is 5.69 Å². The summed E-state index contributed by atoms with van der Waals surface area (Å²) in [7, 11) is 1.81. The van der Waals surface area contributed by atoms with Gasteiger partial charge in [0.1, 0.15) is 0 Å². The maximum atomic E-state index is 12.1. The van der Waals surface area contributed by atoms with Crippen LogP contribution in [0.2, 0.25) is 0 Å². The molecule has 1 N–H and O–H groups in total. The standard InChI is InChI=1S/C15H19N3O3S/c1-9-14(10(2)18(4)17-9)16-15(20)11(3)21-13(19)8-12-6-5-7-22-12/h5-7,11H,8H2,1-4H3,(H,16,20). The van der Waals surface area contributed by atoms with Gasteiger partial charge in [0.15, 0.2) is 6.10 Å². The first kappa shape index (κ1) is 16.2. The second kappa shape index (κ2) is 6.74. The van der Waals surface area contributed by atoms with E-state index in [1.807, 2.05) is 38.4 Å². The van der Waals surface area contributed by atoms with Gasteiger partial charge in [-0.1, -0.05) is 6.07 Å². The second-order valence-electron chi connectivity index (χ2n) is 5.05. The average molecular weight is 321 g/mol. The van der Waals surface area contributed by atoms with Gasteiger partial charge in [0.25, 0.3) is 5.91 Å². The highest BCUT2D eigenvalue weighted by atomic mass is 32.1. The minimum atomic E-state index is -0.855. The molecule has 0 saturated carbocycles. The number of carbonyl (C=O) groups is 2. The Morgan fingerprint density at radius 3 is 2.73 bits per heavy atom. The number of rotatable bonds is 5. The Bertz CT molecular complexity index is 677. The summed E-state index contributed by atoms with van der Waals surface area (Å²) in [5.74, 6) is -0.775. The number of nitrogens with one attached hydrogen (secondary N) is 1. The number of aryl methyl sites for hydroxylation is 2. The zero-order chi connectivity index (χ0) is 16.3. The SMILES string of the molecule is Cc1nn(C)c(C)c1NC(=O)C(C)OC(=O)Cc1cccs1. The van der Waals surface area contributed by atoms with Gasteiger partial charge in [-0.3, -0.25) is 14.3 Å². The molecule has 0 saturated heterocycles. The number of hydrogen-bond donors (Lipinski definition) is 1. The first-order valence-corrected chi connectivity index (χ1v) is 7.79. The third-order valence-electron chi connectivity index (χ3n) is 3.33. The summed E-state index contributed by atoms with van der Waals surface area (Å²) < 4.78 is 6.87. The van der Waals surface area contributed by atoms with E-state index < -0.39 is 12.1 Å². The van der Waals surface area contributed by atoms with E-state index in [4.69, 9.17) is 4.74 Å². The molecule has 0 fully saturated rings. The molecule has 1 amide bonds. The predicted octanol–water partition coefficient (Wildman–Crippen LogP) is 2.21. The van der Waals surface area contributed by atoms with Crippen LogP contribution in [0.5, 0.6) is 0 Å². The van der Waals surface area contributed by atoms with E-state index in [0.29, 0.717) is 5.69 Å². The van der Waals surface area contributed by atoms with Crippen molar-refractivity contribution in [3.05, 3.63) is 33.8 Å². The van der Waals surface area contributed by atoms with Crippen LogP contribution in [0.15, 0.2) is 17.5 Å². The highest BCUT2D eigenvalue weighted by molar-refractivity contribution is 7.10. The van der Waals surface area contributed by atoms with Crippen LogP contribution in [0.1, 0.15) is 23.2 Å². The van der Waals surface area contributed by atoms with Gasteiger partial charge in [0, 0.05) is 11.9 Å². The van der Waals surface area contributed by atoms with Crippen LogP contribution >= 0.6 is 11.3 Å². The Morgan fingerprint density at radius 1 is 1.45 bits per heavy atom. The van der Waals surface area contributed by atoms with Gasteiger partial charge in [-0.15, -0.1) is 11.3 Å². The quantitative estimate of drug-likeness (QED) is 0.857. The number of carbonyl (C=O) groups excluding carboxylic acids is 2. The molecule has 2 aromatic rings. The zero-order valence-electron chi connectivity index (χ0n) is 13.0. The lowest BCUT2D eigenvalue weighted by Crippen LogP contribution is -2.30. The van der Waals surface area contributed by atoms with Crippen molar-refractivity contribution in [3.63, 3.8) is 0 Å². The number of nitrogens with zero attached hydrogens (tertiary/aromatic N) is 2. The van der Waals surface area contributed by atoms with Gasteiger partial charge in [-0.05, 0) is 32.2 Å². The Kier molecular flexibility index (Phi) is 4.97. The third-order valence-corrected chi connectivity index (χ3v) is 4.21. The molecule has 118 valence electrons. The number of thiophene rings is 1. The average Bonchev–Trinajstić information content (AvgIpc) is 3.02. The minimum Gasteiger partial charge on any atom is -0.452 e. The van der Waals surface area contributed by atoms with Crippen molar-refractivity contribution < 1.29 is 14.3 Å². The van der Waals surface area contributed by atoms with Gasteiger partial charge in [-0.2, -0.15) is 5.10 Å². The lowest BCUT2D eigenvalue weighted by molar-refractivity contribution is -0.152. The Morgan fingerprint density at radius 2 is 2.18 bits per heavy atom. The molecule has 0 aliphatic heterocycles. The molecule has 0 aliphatic carbocycles. The molecule has 2 rings (SSSR count). The molecule has 22 heavy (non-hydrogen) atoms. The summed E-state index contributed by atoms with van der Waals surface area (Å²) in [4.78, 5) is 24.9. The first-order valence-electron chi connectivity index (χ1n) is 6.91. The van der Waals surface area contributed by atoms with Crippen molar-refractivity contribution >= 4 is 28.9 Å². The van der Waals surface area contributed by atoms with Gasteiger partial charge in [0.05, 0.1) is 23.5 Å². The fourth-order valence-electron chi connectivity index (χ4n) is 2.03. The van der Waals surface area contributed by atoms with Crippen LogP contribution in [0.3, 0.4) is 0 Å². The zero-order valence-corrected chi connectivity index (χ0v) is 13.9. The fraction of sp³-hybridized carbons (Fsp3) is 0.400. The van der Waals surface area contributed by atoms with Crippen molar-refractivity contribution in [2.45, 2.75) is 33.3 Å². The summed E-state index contributed by atoms with van der Waals surface area (Å²) in [6, 6.07) is 3.73. The lowest BCUT2D eigenvalue weighted by Gasteiger charge is -2.13. The van der Waals surface area contributed by atoms with Crippen molar-refractivity contribution in [2.24, 2.45) is 7.05 Å². The van der Waals surface area contributed by atoms with Crippen molar-refractivity contribution in [3.8, 4) is 0 Å². The molecule has 0 aromatic carbocycles. The topological polar surface area (TPSA) is 73.2 Å². The molecule has 2 aromatic heterocycles. The summed E-state index contributed by atoms with van der Waals surface area (Å²) in [6.45, 7) is 5.24. The number of ether oxygens (including phenoxy) is 1. The summed E-state index contributed by atoms with van der Waals surface area (Å²) in [5, 5.41) is 8.89. The van der Waals surface area contributed by atoms with E-state index in [1.165, 1.54) is 11.3 Å². The summed E-state index contributed by atoms with van der Waals surface area (Å²) >= 11 is 1.48. The molecule has 2 heterocycles. The minimum absolute atomic E-state index is 0.181. The normalized spacial score (nSPS) is 12.0. The van der Waals surface area contributed by atoms with Crippen LogP contribution in [-0.2, 0) is 27.8 Å². The number of aromatic nitrogens is 2. The van der Waals surface area contributed by atoms with Crippen LogP contribution < -0.4 is 5.32 Å². The highest BCUT2D eigenvalue weighted by Crippen LogP contribution is 2.19. The van der Waals surface area contributed by atoms with Gasteiger partial charge >= 0.3 is 5.97 Å². The monoisotopic (exact) mass is 321 g/mol. The number of anilines is 1. The van der Waals surface area contributed by atoms with E-state index in [-0.39, 0.29) is 12.3 Å².